The van der Waals surface area contributed by atoms with E-state index in [1.54, 1.807) is 6.92 Å². The molecule has 3 rings (SSSR count). The minimum absolute atomic E-state index is 0.184. The van der Waals surface area contributed by atoms with Crippen LogP contribution in [0.15, 0.2) is 72.8 Å². The van der Waals surface area contributed by atoms with E-state index >= 15 is 0 Å². The topological polar surface area (TPSA) is 49.7 Å². The van der Waals surface area contributed by atoms with Gasteiger partial charge in [-0.15, -0.1) is 0 Å². The highest BCUT2D eigenvalue weighted by molar-refractivity contribution is 5.71. The second-order valence-corrected chi connectivity index (χ2v) is 8.62. The van der Waals surface area contributed by atoms with Crippen LogP contribution in [-0.4, -0.2) is 23.1 Å². The lowest BCUT2D eigenvalue weighted by Gasteiger charge is -2.16. The van der Waals surface area contributed by atoms with Crippen molar-refractivity contribution in [3.8, 4) is 16.9 Å². The Morgan fingerprint density at radius 2 is 1.27 bits per heavy atom. The van der Waals surface area contributed by atoms with Crippen molar-refractivity contribution in [2.75, 3.05) is 6.61 Å². The van der Waals surface area contributed by atoms with Gasteiger partial charge < -0.3 is 14.9 Å². The van der Waals surface area contributed by atoms with E-state index in [-0.39, 0.29) is 6.61 Å². The van der Waals surface area contributed by atoms with Crippen LogP contribution in [0.4, 0.5) is 0 Å². The van der Waals surface area contributed by atoms with Crippen molar-refractivity contribution in [1.29, 1.82) is 0 Å². The first-order valence-electron chi connectivity index (χ1n) is 11.9. The molecule has 0 heterocycles. The molecule has 1 atom stereocenters. The molecule has 0 aliphatic rings. The zero-order valence-corrected chi connectivity index (χ0v) is 20.1. The van der Waals surface area contributed by atoms with E-state index in [0.717, 1.165) is 25.7 Å². The van der Waals surface area contributed by atoms with Crippen LogP contribution in [-0.2, 0) is 32.1 Å². The Bertz CT molecular complexity index is 1070. The molecule has 0 aliphatic carbocycles. The molecule has 3 aromatic carbocycles. The zero-order valence-electron chi connectivity index (χ0n) is 20.1. The molecular formula is C30H36O3. The summed E-state index contributed by atoms with van der Waals surface area (Å²) in [5.74, 6) is 0.642. The minimum Gasteiger partial charge on any atom is -0.461 e. The first kappa shape index (κ1) is 24.8. The molecule has 0 aromatic heterocycles. The quantitative estimate of drug-likeness (QED) is 0.279. The Morgan fingerprint density at radius 1 is 0.788 bits per heavy atom. The molecule has 0 saturated heterocycles. The highest BCUT2D eigenvalue weighted by Gasteiger charge is 2.11. The lowest BCUT2D eigenvalue weighted by molar-refractivity contribution is 0.0151. The molecule has 2 N–H and O–H groups in total. The van der Waals surface area contributed by atoms with Crippen LogP contribution < -0.4 is 4.74 Å². The van der Waals surface area contributed by atoms with Crippen molar-refractivity contribution in [3.63, 3.8) is 0 Å². The van der Waals surface area contributed by atoms with Gasteiger partial charge in [-0.1, -0.05) is 69.0 Å². The van der Waals surface area contributed by atoms with Crippen LogP contribution in [0.25, 0.3) is 11.1 Å². The Hall–Kier alpha value is -2.88. The van der Waals surface area contributed by atoms with Gasteiger partial charge in [-0.05, 0) is 95.7 Å². The van der Waals surface area contributed by atoms with Gasteiger partial charge in [-0.3, -0.25) is 0 Å². The average Bonchev–Trinajstić information content (AvgIpc) is 2.83. The lowest BCUT2D eigenvalue weighted by atomic mass is 9.89. The molecule has 3 aromatic rings. The molecule has 3 nitrogen and oxygen atoms in total. The zero-order chi connectivity index (χ0) is 23.8. The summed E-state index contributed by atoms with van der Waals surface area (Å²) in [6, 6.07) is 21.4. The van der Waals surface area contributed by atoms with Crippen LogP contribution >= 0.6 is 0 Å². The van der Waals surface area contributed by atoms with Crippen molar-refractivity contribution in [3.05, 3.63) is 101 Å². The maximum absolute atomic E-state index is 9.79. The van der Waals surface area contributed by atoms with Gasteiger partial charge in [0.05, 0.1) is 0 Å². The highest BCUT2D eigenvalue weighted by Crippen LogP contribution is 2.30. The number of hydrogen-bond donors (Lipinski definition) is 2. The van der Waals surface area contributed by atoms with Crippen molar-refractivity contribution in [2.24, 2.45) is 0 Å². The summed E-state index contributed by atoms with van der Waals surface area (Å²) in [6.07, 6.45) is 3.61. The van der Waals surface area contributed by atoms with Gasteiger partial charge in [0.2, 0.25) is 6.29 Å². The Balaban J connectivity index is 1.72. The van der Waals surface area contributed by atoms with Crippen molar-refractivity contribution in [1.82, 2.24) is 0 Å². The summed E-state index contributed by atoms with van der Waals surface area (Å²) < 4.78 is 5.46. The molecule has 0 aliphatic heterocycles. The fourth-order valence-corrected chi connectivity index (χ4v) is 4.10. The van der Waals surface area contributed by atoms with Crippen LogP contribution in [0, 0.1) is 0 Å². The standard InChI is InChI=1S/C30H36O3/c1-5-25-19-23(8-7-22-9-13-27(14-10-22)33-30(32)21(3)4)11-15-28(25)29-16-12-24(17-18-31)20-26(29)6-2/h9-16,19-20,30-32H,3,5-8,17-18H2,1-2,4H3. The smallest absolute Gasteiger partial charge is 0.219 e. The molecule has 3 heteroatoms. The predicted molar refractivity (Wildman–Crippen MR) is 137 cm³/mol. The first-order chi connectivity index (χ1) is 15.9. The van der Waals surface area contributed by atoms with E-state index in [4.69, 9.17) is 4.74 Å². The summed E-state index contributed by atoms with van der Waals surface area (Å²) >= 11 is 0. The summed E-state index contributed by atoms with van der Waals surface area (Å²) in [4.78, 5) is 0. The van der Waals surface area contributed by atoms with Crippen molar-refractivity contribution >= 4 is 0 Å². The van der Waals surface area contributed by atoms with E-state index in [2.05, 4.69) is 69.0 Å². The Kier molecular flexibility index (Phi) is 8.87. The number of aliphatic hydroxyl groups excluding tert-OH is 2. The molecular weight excluding hydrogens is 408 g/mol. The van der Waals surface area contributed by atoms with Crippen LogP contribution in [0.2, 0.25) is 0 Å². The highest BCUT2D eigenvalue weighted by atomic mass is 16.6. The van der Waals surface area contributed by atoms with E-state index in [0.29, 0.717) is 17.7 Å². The first-order valence-corrected chi connectivity index (χ1v) is 11.9. The molecule has 0 saturated carbocycles. The molecule has 0 amide bonds. The van der Waals surface area contributed by atoms with Gasteiger partial charge in [-0.25, -0.2) is 0 Å². The fraction of sp³-hybridized carbons (Fsp3) is 0.333. The molecule has 33 heavy (non-hydrogen) atoms. The third-order valence-corrected chi connectivity index (χ3v) is 6.09. The van der Waals surface area contributed by atoms with Gasteiger partial charge in [0, 0.05) is 6.61 Å². The Labute approximate surface area is 198 Å². The van der Waals surface area contributed by atoms with E-state index < -0.39 is 6.29 Å². The number of hydrogen-bond acceptors (Lipinski definition) is 3. The SMILES string of the molecule is C=C(C)C(O)Oc1ccc(CCc2ccc(-c3ccc(CCO)cc3CC)c(CC)c2)cc1. The Morgan fingerprint density at radius 3 is 1.76 bits per heavy atom. The monoisotopic (exact) mass is 444 g/mol. The summed E-state index contributed by atoms with van der Waals surface area (Å²) in [5, 5.41) is 19.1. The summed E-state index contributed by atoms with van der Waals surface area (Å²) in [6.45, 7) is 10.0. The van der Waals surface area contributed by atoms with Crippen LogP contribution in [0.3, 0.4) is 0 Å². The maximum Gasteiger partial charge on any atom is 0.219 e. The molecule has 0 radical (unpaired) electrons. The van der Waals surface area contributed by atoms with Gasteiger partial charge >= 0.3 is 0 Å². The molecule has 174 valence electrons. The molecule has 1 unspecified atom stereocenters. The number of ether oxygens (including phenoxy) is 1. The largest absolute Gasteiger partial charge is 0.461 e. The summed E-state index contributed by atoms with van der Waals surface area (Å²) in [5.41, 5.74) is 9.67. The third kappa shape index (κ3) is 6.56. The maximum atomic E-state index is 9.79. The molecule has 0 fully saturated rings. The second kappa shape index (κ2) is 11.8. The van der Waals surface area contributed by atoms with Crippen LogP contribution in [0.1, 0.15) is 48.6 Å². The van der Waals surface area contributed by atoms with Crippen molar-refractivity contribution in [2.45, 2.75) is 59.2 Å². The normalized spacial score (nSPS) is 11.9. The van der Waals surface area contributed by atoms with Crippen molar-refractivity contribution < 1.29 is 14.9 Å². The van der Waals surface area contributed by atoms with Gasteiger partial charge in [0.15, 0.2) is 0 Å². The molecule has 0 spiro atoms. The van der Waals surface area contributed by atoms with E-state index in [1.807, 2.05) is 12.1 Å². The number of rotatable bonds is 11. The van der Waals surface area contributed by atoms with Crippen LogP contribution in [0.5, 0.6) is 5.75 Å². The average molecular weight is 445 g/mol. The molecule has 0 bridgehead atoms. The van der Waals surface area contributed by atoms with E-state index in [1.165, 1.54) is 38.9 Å². The third-order valence-electron chi connectivity index (χ3n) is 6.09. The van der Waals surface area contributed by atoms with Gasteiger partial charge in [0.1, 0.15) is 5.75 Å². The van der Waals surface area contributed by atoms with E-state index in [9.17, 15) is 10.2 Å². The predicted octanol–water partition coefficient (Wildman–Crippen LogP) is 6.07. The lowest BCUT2D eigenvalue weighted by Crippen LogP contribution is -2.15. The second-order valence-electron chi connectivity index (χ2n) is 8.62. The summed E-state index contributed by atoms with van der Waals surface area (Å²) in [7, 11) is 0. The number of aryl methyl sites for hydroxylation is 4. The van der Waals surface area contributed by atoms with Gasteiger partial charge in [-0.2, -0.15) is 0 Å². The number of aliphatic hydroxyl groups is 2. The minimum atomic E-state index is -0.971. The fourth-order valence-electron chi connectivity index (χ4n) is 4.10. The van der Waals surface area contributed by atoms with Gasteiger partial charge in [0.25, 0.3) is 0 Å². The number of benzene rings is 3.